The Morgan fingerprint density at radius 3 is 1.22 bits per heavy atom. The molecule has 0 bridgehead atoms. The van der Waals surface area contributed by atoms with Crippen LogP contribution in [0.25, 0.3) is 12.2 Å². The van der Waals surface area contributed by atoms with Crippen LogP contribution in [0.3, 0.4) is 0 Å². The number of hydrogen-bond donors (Lipinski definition) is 0. The normalized spacial score (nSPS) is 12.6. The Morgan fingerprint density at radius 2 is 0.902 bits per heavy atom. The van der Waals surface area contributed by atoms with Crippen LogP contribution < -0.4 is 8.37 Å². The van der Waals surface area contributed by atoms with Gasteiger partial charge in [0.1, 0.15) is 11.5 Å². The second kappa shape index (κ2) is 12.2. The highest BCUT2D eigenvalue weighted by Crippen LogP contribution is 2.47. The summed E-state index contributed by atoms with van der Waals surface area (Å²) < 4.78 is 58.7. The fourth-order valence-corrected chi connectivity index (χ4v) is 5.99. The third-order valence-corrected chi connectivity index (χ3v) is 7.44. The second-order valence-corrected chi connectivity index (χ2v) is 12.7. The molecule has 0 atom stereocenters. The van der Waals surface area contributed by atoms with Gasteiger partial charge in [-0.3, -0.25) is 0 Å². The summed E-state index contributed by atoms with van der Waals surface area (Å²) in [4.78, 5) is 0. The van der Waals surface area contributed by atoms with Crippen molar-refractivity contribution in [2.24, 2.45) is 0 Å². The van der Waals surface area contributed by atoms with Crippen molar-refractivity contribution in [2.75, 3.05) is 12.5 Å². The van der Waals surface area contributed by atoms with Crippen molar-refractivity contribution in [1.29, 1.82) is 0 Å². The first kappa shape index (κ1) is 29.8. The maximum Gasteiger partial charge on any atom is 0.306 e. The molecule has 0 saturated carbocycles. The molecular weight excluding hydrogens is 556 g/mol. The van der Waals surface area contributed by atoms with Gasteiger partial charge in [0.05, 0.1) is 17.9 Å². The largest absolute Gasteiger partial charge is 0.382 e. The van der Waals surface area contributed by atoms with Gasteiger partial charge in [-0.2, -0.15) is 16.8 Å². The quantitative estimate of drug-likeness (QED) is 0.149. The summed E-state index contributed by atoms with van der Waals surface area (Å²) in [5.41, 5.74) is 3.92. The third kappa shape index (κ3) is 6.78. The topological polar surface area (TPSA) is 86.7 Å². The average molecular weight is 589 g/mol. The van der Waals surface area contributed by atoms with E-state index < -0.39 is 25.7 Å². The molecule has 0 aliphatic rings. The maximum atomic E-state index is 12.0. The molecular formula is C33H32O6S2. The molecule has 0 aliphatic carbocycles. The van der Waals surface area contributed by atoms with Crippen LogP contribution in [0.2, 0.25) is 0 Å². The zero-order valence-electron chi connectivity index (χ0n) is 23.3. The van der Waals surface area contributed by atoms with E-state index in [1.165, 1.54) is 0 Å². The minimum Gasteiger partial charge on any atom is -0.382 e. The van der Waals surface area contributed by atoms with Crippen LogP contribution in [0.15, 0.2) is 109 Å². The zero-order chi connectivity index (χ0) is 29.7. The van der Waals surface area contributed by atoms with Gasteiger partial charge in [0.15, 0.2) is 0 Å². The van der Waals surface area contributed by atoms with E-state index in [1.54, 1.807) is 24.3 Å². The molecule has 0 N–H and O–H groups in total. The summed E-state index contributed by atoms with van der Waals surface area (Å²) in [6, 6.07) is 30.8. The van der Waals surface area contributed by atoms with E-state index in [2.05, 4.69) is 0 Å². The Labute approximate surface area is 242 Å². The molecule has 0 radical (unpaired) electrons. The van der Waals surface area contributed by atoms with Crippen LogP contribution in [-0.4, -0.2) is 29.3 Å². The Bertz CT molecular complexity index is 1660. The van der Waals surface area contributed by atoms with Gasteiger partial charge in [-0.25, -0.2) is 0 Å². The minimum atomic E-state index is -3.76. The first-order valence-electron chi connectivity index (χ1n) is 12.9. The lowest BCUT2D eigenvalue weighted by atomic mass is 9.64. The number of benzene rings is 4. The lowest BCUT2D eigenvalue weighted by Crippen LogP contribution is -2.31. The molecule has 0 amide bonds. The van der Waals surface area contributed by atoms with E-state index in [-0.39, 0.29) is 11.5 Å². The number of rotatable bonds is 10. The van der Waals surface area contributed by atoms with Gasteiger partial charge >= 0.3 is 20.2 Å². The van der Waals surface area contributed by atoms with E-state index >= 15 is 0 Å². The summed E-state index contributed by atoms with van der Waals surface area (Å²) >= 11 is 0. The Hall–Kier alpha value is -4.14. The van der Waals surface area contributed by atoms with Gasteiger partial charge in [0.25, 0.3) is 0 Å². The minimum absolute atomic E-state index is 0.218. The van der Waals surface area contributed by atoms with Gasteiger partial charge in [-0.05, 0) is 60.4 Å². The monoisotopic (exact) mass is 588 g/mol. The average Bonchev–Trinajstić information content (AvgIpc) is 2.92. The zero-order valence-corrected chi connectivity index (χ0v) is 24.9. The number of hydrogen-bond acceptors (Lipinski definition) is 6. The molecule has 6 nitrogen and oxygen atoms in total. The molecule has 4 aromatic carbocycles. The predicted molar refractivity (Wildman–Crippen MR) is 165 cm³/mol. The molecule has 0 unspecified atom stereocenters. The van der Waals surface area contributed by atoms with Crippen LogP contribution in [0.4, 0.5) is 0 Å². The van der Waals surface area contributed by atoms with E-state index in [0.717, 1.165) is 34.8 Å². The summed E-state index contributed by atoms with van der Waals surface area (Å²) in [5, 5.41) is 0. The van der Waals surface area contributed by atoms with Crippen LogP contribution in [0.1, 0.15) is 47.2 Å². The van der Waals surface area contributed by atoms with Gasteiger partial charge in [-0.1, -0.05) is 97.1 Å². The molecule has 212 valence electrons. The molecule has 0 aromatic heterocycles. The van der Waals surface area contributed by atoms with Crippen LogP contribution in [0, 0.1) is 0 Å². The third-order valence-electron chi connectivity index (χ3n) is 6.47. The van der Waals surface area contributed by atoms with Crippen molar-refractivity contribution in [3.8, 4) is 11.5 Å². The van der Waals surface area contributed by atoms with Gasteiger partial charge in [0, 0.05) is 11.1 Å². The van der Waals surface area contributed by atoms with E-state index in [4.69, 9.17) is 8.37 Å². The Kier molecular flexibility index (Phi) is 8.85. The molecule has 0 fully saturated rings. The summed E-state index contributed by atoms with van der Waals surface area (Å²) in [6.07, 6.45) is 9.28. The molecule has 0 spiro atoms. The van der Waals surface area contributed by atoms with Crippen molar-refractivity contribution in [1.82, 2.24) is 0 Å². The molecule has 4 aromatic rings. The van der Waals surface area contributed by atoms with Crippen molar-refractivity contribution < 1.29 is 25.2 Å². The van der Waals surface area contributed by atoms with Gasteiger partial charge in [-0.15, -0.1) is 0 Å². The first-order valence-corrected chi connectivity index (χ1v) is 16.6. The lowest BCUT2D eigenvalue weighted by Gasteiger charge is -2.37. The van der Waals surface area contributed by atoms with E-state index in [9.17, 15) is 16.8 Å². The highest BCUT2D eigenvalue weighted by Gasteiger charge is 2.39. The SMILES string of the molecule is C/C=C\c1cc(C(c2ccccc2)(c2ccccc2)c2ccc(OS(C)(=O)=O)c(/C=C\C)c2)ccc1OS(C)(=O)=O. The van der Waals surface area contributed by atoms with Gasteiger partial charge in [0.2, 0.25) is 0 Å². The highest BCUT2D eigenvalue weighted by molar-refractivity contribution is 7.86. The number of allylic oxidation sites excluding steroid dienone is 2. The fraction of sp³-hybridized carbons (Fsp3) is 0.152. The van der Waals surface area contributed by atoms with Crippen molar-refractivity contribution >= 4 is 32.4 Å². The summed E-state index contributed by atoms with van der Waals surface area (Å²) in [5.74, 6) is 0.437. The summed E-state index contributed by atoms with van der Waals surface area (Å²) in [7, 11) is -7.52. The summed E-state index contributed by atoms with van der Waals surface area (Å²) in [6.45, 7) is 3.70. The Morgan fingerprint density at radius 1 is 0.537 bits per heavy atom. The van der Waals surface area contributed by atoms with Crippen LogP contribution in [-0.2, 0) is 25.7 Å². The first-order chi connectivity index (χ1) is 19.5. The lowest BCUT2D eigenvalue weighted by molar-refractivity contribution is 0.490. The fourth-order valence-electron chi connectivity index (χ4n) is 5.04. The second-order valence-electron chi connectivity index (χ2n) is 9.56. The standard InChI is InChI=1S/C33H32O6S2/c1-5-13-25-23-29(19-21-31(25)38-40(3,34)35)33(27-15-9-7-10-16-27,28-17-11-8-12-18-28)30-20-22-32(39-41(4,36)37)26(24-30)14-6-2/h5-24H,1-4H3/b13-5-,14-6-. The molecule has 0 aliphatic heterocycles. The van der Waals surface area contributed by atoms with Crippen molar-refractivity contribution in [2.45, 2.75) is 19.3 Å². The van der Waals surface area contributed by atoms with E-state index in [0.29, 0.717) is 11.1 Å². The van der Waals surface area contributed by atoms with E-state index in [1.807, 2.05) is 111 Å². The molecule has 41 heavy (non-hydrogen) atoms. The Balaban J connectivity index is 2.14. The highest BCUT2D eigenvalue weighted by atomic mass is 32.2. The molecule has 0 saturated heterocycles. The van der Waals surface area contributed by atoms with Crippen LogP contribution in [0.5, 0.6) is 11.5 Å². The molecule has 4 rings (SSSR count). The van der Waals surface area contributed by atoms with Crippen molar-refractivity contribution in [3.63, 3.8) is 0 Å². The predicted octanol–water partition coefficient (Wildman–Crippen LogP) is 6.81. The van der Waals surface area contributed by atoms with Crippen LogP contribution >= 0.6 is 0 Å². The maximum absolute atomic E-state index is 12.0. The van der Waals surface area contributed by atoms with Crippen molar-refractivity contribution in [3.05, 3.63) is 143 Å². The molecule has 8 heteroatoms. The van der Waals surface area contributed by atoms with Gasteiger partial charge < -0.3 is 8.37 Å². The smallest absolute Gasteiger partial charge is 0.306 e. The molecule has 0 heterocycles.